The predicted octanol–water partition coefficient (Wildman–Crippen LogP) is 1.19. The molecule has 0 aromatic heterocycles. The summed E-state index contributed by atoms with van der Waals surface area (Å²) < 4.78 is 6.22. The second kappa shape index (κ2) is 7.20. The molecule has 5 nitrogen and oxygen atoms in total. The van der Waals surface area contributed by atoms with E-state index in [-0.39, 0.29) is 12.0 Å². The van der Waals surface area contributed by atoms with Gasteiger partial charge in [0, 0.05) is 39.3 Å². The van der Waals surface area contributed by atoms with Gasteiger partial charge in [-0.2, -0.15) is 0 Å². The maximum atomic E-state index is 10.4. The third-order valence-corrected chi connectivity index (χ3v) is 7.55. The Hall–Kier alpha value is -0.200. The third kappa shape index (κ3) is 3.38. The third-order valence-electron chi connectivity index (χ3n) is 7.55. The smallest absolute Gasteiger partial charge is 0.0900 e. The Morgan fingerprint density at radius 1 is 1.12 bits per heavy atom. The largest absolute Gasteiger partial charge is 0.395 e. The fraction of sp³-hybridized carbons (Fsp3) is 1.00. The molecule has 1 saturated heterocycles. The Bertz CT molecular complexity index is 423. The van der Waals surface area contributed by atoms with E-state index in [1.807, 2.05) is 0 Å². The van der Waals surface area contributed by atoms with Gasteiger partial charge >= 0.3 is 0 Å². The van der Waals surface area contributed by atoms with Crippen molar-refractivity contribution in [2.45, 2.75) is 52.2 Å². The first kappa shape index (κ1) is 18.6. The number of aliphatic hydroxyl groups is 2. The van der Waals surface area contributed by atoms with E-state index in [0.717, 1.165) is 45.1 Å². The normalized spacial score (nSPS) is 37.9. The first-order valence-corrected chi connectivity index (χ1v) is 9.72. The van der Waals surface area contributed by atoms with Crippen LogP contribution in [0.4, 0.5) is 0 Å². The van der Waals surface area contributed by atoms with E-state index in [1.54, 1.807) is 0 Å². The maximum Gasteiger partial charge on any atom is 0.0900 e. The second-order valence-corrected chi connectivity index (χ2v) is 8.95. The van der Waals surface area contributed by atoms with Crippen LogP contribution in [0.25, 0.3) is 0 Å². The number of β-amino-alcohol motifs (C(OH)–C–C–N with tert-alkyl or cyclic N) is 2. The second-order valence-electron chi connectivity index (χ2n) is 8.95. The minimum atomic E-state index is -0.403. The average Bonchev–Trinajstić information content (AvgIpc) is 2.88. The zero-order valence-corrected chi connectivity index (χ0v) is 15.7. The number of aliphatic hydroxyl groups excluding tert-OH is 2. The molecule has 1 heterocycles. The van der Waals surface area contributed by atoms with E-state index < -0.39 is 6.10 Å². The summed E-state index contributed by atoms with van der Waals surface area (Å²) in [5.74, 6) is 0.782. The predicted molar refractivity (Wildman–Crippen MR) is 94.9 cm³/mol. The SMILES string of the molecule is CC1(C)[C@H]2CC[C@@]1(C)[C@@H](OC[C@@H](O)CN1CCN(CCO)CC1)C2. The van der Waals surface area contributed by atoms with E-state index in [4.69, 9.17) is 9.84 Å². The zero-order chi connectivity index (χ0) is 17.4. The highest BCUT2D eigenvalue weighted by Crippen LogP contribution is 2.66. The van der Waals surface area contributed by atoms with Crippen molar-refractivity contribution in [2.24, 2.45) is 16.7 Å². The molecule has 3 aliphatic rings. The molecule has 0 spiro atoms. The van der Waals surface area contributed by atoms with Gasteiger partial charge in [0.05, 0.1) is 25.4 Å². The highest BCUT2D eigenvalue weighted by Gasteiger charge is 2.61. The number of hydrogen-bond donors (Lipinski definition) is 2. The first-order chi connectivity index (χ1) is 11.4. The number of fused-ring (bicyclic) bond motifs is 2. The Labute approximate surface area is 147 Å². The van der Waals surface area contributed by atoms with Crippen molar-refractivity contribution < 1.29 is 14.9 Å². The molecule has 0 unspecified atom stereocenters. The molecule has 2 bridgehead atoms. The molecule has 1 aliphatic heterocycles. The topological polar surface area (TPSA) is 56.2 Å². The molecule has 2 N–H and O–H groups in total. The van der Waals surface area contributed by atoms with Gasteiger partial charge in [0.2, 0.25) is 0 Å². The van der Waals surface area contributed by atoms with Crippen LogP contribution in [0.5, 0.6) is 0 Å². The summed E-state index contributed by atoms with van der Waals surface area (Å²) in [4.78, 5) is 4.59. The van der Waals surface area contributed by atoms with E-state index >= 15 is 0 Å². The van der Waals surface area contributed by atoms with Gasteiger partial charge in [-0.1, -0.05) is 20.8 Å². The van der Waals surface area contributed by atoms with Crippen LogP contribution in [0.1, 0.15) is 40.0 Å². The number of nitrogens with zero attached hydrogens (tertiary/aromatic N) is 2. The summed E-state index contributed by atoms with van der Waals surface area (Å²) in [5.41, 5.74) is 0.638. The summed E-state index contributed by atoms with van der Waals surface area (Å²) in [6.45, 7) is 13.2. The highest BCUT2D eigenvalue weighted by atomic mass is 16.5. The van der Waals surface area contributed by atoms with Gasteiger partial charge in [-0.3, -0.25) is 9.80 Å². The molecule has 0 aromatic rings. The quantitative estimate of drug-likeness (QED) is 0.729. The molecule has 0 radical (unpaired) electrons. The zero-order valence-electron chi connectivity index (χ0n) is 15.7. The van der Waals surface area contributed by atoms with Crippen molar-refractivity contribution in [1.29, 1.82) is 0 Å². The minimum absolute atomic E-state index is 0.230. The highest BCUT2D eigenvalue weighted by molar-refractivity contribution is 5.11. The monoisotopic (exact) mass is 340 g/mol. The Morgan fingerprint density at radius 2 is 1.79 bits per heavy atom. The molecular formula is C19H36N2O3. The fourth-order valence-corrected chi connectivity index (χ4v) is 5.30. The Kier molecular flexibility index (Phi) is 5.57. The fourth-order valence-electron chi connectivity index (χ4n) is 5.30. The van der Waals surface area contributed by atoms with Crippen molar-refractivity contribution in [3.63, 3.8) is 0 Å². The van der Waals surface area contributed by atoms with Crippen LogP contribution < -0.4 is 0 Å². The van der Waals surface area contributed by atoms with Gasteiger partial charge in [-0.25, -0.2) is 0 Å². The van der Waals surface area contributed by atoms with Crippen LogP contribution in [-0.2, 0) is 4.74 Å². The van der Waals surface area contributed by atoms with E-state index in [2.05, 4.69) is 30.6 Å². The molecule has 5 heteroatoms. The lowest BCUT2D eigenvalue weighted by Crippen LogP contribution is -2.49. The molecule has 0 amide bonds. The summed E-state index contributed by atoms with van der Waals surface area (Å²) >= 11 is 0. The Balaban J connectivity index is 1.40. The van der Waals surface area contributed by atoms with Crippen molar-refractivity contribution >= 4 is 0 Å². The first-order valence-electron chi connectivity index (χ1n) is 9.72. The summed E-state index contributed by atoms with van der Waals surface area (Å²) in [7, 11) is 0. The van der Waals surface area contributed by atoms with Crippen LogP contribution in [0, 0.1) is 16.7 Å². The Morgan fingerprint density at radius 3 is 2.33 bits per heavy atom. The van der Waals surface area contributed by atoms with Crippen LogP contribution in [-0.4, -0.2) is 84.7 Å². The molecule has 0 aromatic carbocycles. The minimum Gasteiger partial charge on any atom is -0.395 e. The standard InChI is InChI=1S/C19H36N2O3/c1-18(2)15-4-5-19(18,3)17(12-15)24-14-16(23)13-21-8-6-20(7-9-21)10-11-22/h15-17,22-23H,4-14H2,1-3H3/t15-,16-,17-,19-/m0/s1. The van der Waals surface area contributed by atoms with Gasteiger partial charge < -0.3 is 14.9 Å². The molecule has 2 saturated carbocycles. The number of hydrogen-bond acceptors (Lipinski definition) is 5. The number of ether oxygens (including phenoxy) is 1. The lowest BCUT2D eigenvalue weighted by Gasteiger charge is -2.39. The lowest BCUT2D eigenvalue weighted by atomic mass is 9.70. The van der Waals surface area contributed by atoms with Crippen molar-refractivity contribution in [2.75, 3.05) is 52.5 Å². The van der Waals surface area contributed by atoms with E-state index in [9.17, 15) is 5.11 Å². The molecule has 24 heavy (non-hydrogen) atoms. The number of piperazine rings is 1. The molecule has 2 aliphatic carbocycles. The molecule has 4 atom stereocenters. The van der Waals surface area contributed by atoms with Crippen molar-refractivity contribution in [3.05, 3.63) is 0 Å². The van der Waals surface area contributed by atoms with Crippen LogP contribution in [0.15, 0.2) is 0 Å². The van der Waals surface area contributed by atoms with E-state index in [1.165, 1.54) is 12.8 Å². The maximum absolute atomic E-state index is 10.4. The molecule has 140 valence electrons. The summed E-state index contributed by atoms with van der Waals surface area (Å²) in [5, 5.41) is 19.4. The van der Waals surface area contributed by atoms with Gasteiger partial charge in [0.25, 0.3) is 0 Å². The van der Waals surface area contributed by atoms with Gasteiger partial charge in [-0.15, -0.1) is 0 Å². The lowest BCUT2D eigenvalue weighted by molar-refractivity contribution is -0.0807. The van der Waals surface area contributed by atoms with Crippen LogP contribution in [0.2, 0.25) is 0 Å². The summed E-state index contributed by atoms with van der Waals surface area (Å²) in [6.07, 6.45) is 3.67. The summed E-state index contributed by atoms with van der Waals surface area (Å²) in [6, 6.07) is 0. The van der Waals surface area contributed by atoms with Gasteiger partial charge in [-0.05, 0) is 36.0 Å². The van der Waals surface area contributed by atoms with Crippen molar-refractivity contribution in [1.82, 2.24) is 9.80 Å². The van der Waals surface area contributed by atoms with Crippen molar-refractivity contribution in [3.8, 4) is 0 Å². The average molecular weight is 341 g/mol. The van der Waals surface area contributed by atoms with Gasteiger partial charge in [0.15, 0.2) is 0 Å². The van der Waals surface area contributed by atoms with Crippen LogP contribution >= 0.6 is 0 Å². The molecular weight excluding hydrogens is 304 g/mol. The van der Waals surface area contributed by atoms with Gasteiger partial charge in [0.1, 0.15) is 0 Å². The van der Waals surface area contributed by atoms with Crippen LogP contribution in [0.3, 0.4) is 0 Å². The number of rotatable bonds is 7. The van der Waals surface area contributed by atoms with E-state index in [0.29, 0.717) is 24.7 Å². The molecule has 3 rings (SSSR count). The molecule has 3 fully saturated rings.